The van der Waals surface area contributed by atoms with Gasteiger partial charge < -0.3 is 25.0 Å². The second-order valence-electron chi connectivity index (χ2n) is 6.11. The molecule has 3 N–H and O–H groups in total. The van der Waals surface area contributed by atoms with Gasteiger partial charge >= 0.3 is 12.3 Å². The van der Waals surface area contributed by atoms with Crippen LogP contribution in [0.2, 0.25) is 0 Å². The number of carbonyl (C=O) groups is 1. The van der Waals surface area contributed by atoms with Gasteiger partial charge in [-0.1, -0.05) is 30.3 Å². The maximum atomic E-state index is 12.9. The Morgan fingerprint density at radius 3 is 2.55 bits per heavy atom. The number of nitrogens with one attached hydrogen (secondary N) is 1. The predicted octanol–water partition coefficient (Wildman–Crippen LogP) is 2.82. The summed E-state index contributed by atoms with van der Waals surface area (Å²) in [6.07, 6.45) is -8.12. The lowest BCUT2D eigenvalue weighted by Crippen LogP contribution is -2.30. The Hall–Kier alpha value is -2.85. The summed E-state index contributed by atoms with van der Waals surface area (Å²) in [4.78, 5) is 15.2. The average Bonchev–Trinajstić information content (AvgIpc) is 2.71. The summed E-state index contributed by atoms with van der Waals surface area (Å²) in [6, 6.07) is 9.65. The number of nitrogens with zero attached hydrogens (tertiary/aromatic N) is 1. The number of aliphatic hydroxyl groups is 2. The number of aromatic nitrogens is 1. The van der Waals surface area contributed by atoms with Crippen LogP contribution in [0, 0.1) is 0 Å². The number of alkyl halides is 3. The van der Waals surface area contributed by atoms with Gasteiger partial charge in [-0.25, -0.2) is 9.78 Å². The minimum atomic E-state index is -4.66. The van der Waals surface area contributed by atoms with Crippen molar-refractivity contribution in [1.82, 2.24) is 10.3 Å². The molecule has 0 aliphatic rings. The zero-order chi connectivity index (χ0) is 21.4. The molecule has 2 aromatic rings. The number of aliphatic hydroxyl groups excluding tert-OH is 2. The summed E-state index contributed by atoms with van der Waals surface area (Å²) in [6.45, 7) is -0.00842. The number of pyridine rings is 1. The zero-order valence-electron chi connectivity index (χ0n) is 15.5. The number of carbonyl (C=O) groups excluding carboxylic acids is 1. The Morgan fingerprint density at radius 2 is 1.93 bits per heavy atom. The van der Waals surface area contributed by atoms with E-state index in [0.717, 1.165) is 5.56 Å². The molecule has 1 heterocycles. The fraction of sp³-hybridized carbons (Fsp3) is 0.368. The lowest BCUT2D eigenvalue weighted by Gasteiger charge is -2.21. The van der Waals surface area contributed by atoms with Crippen molar-refractivity contribution in [3.63, 3.8) is 0 Å². The van der Waals surface area contributed by atoms with Gasteiger partial charge in [0.25, 0.3) is 0 Å². The fourth-order valence-corrected chi connectivity index (χ4v) is 2.47. The highest BCUT2D eigenvalue weighted by Crippen LogP contribution is 2.34. The molecule has 0 saturated carbocycles. The summed E-state index contributed by atoms with van der Waals surface area (Å²) in [7, 11) is 1.18. The Balaban J connectivity index is 1.88. The van der Waals surface area contributed by atoms with Crippen molar-refractivity contribution in [1.29, 1.82) is 0 Å². The molecule has 158 valence electrons. The van der Waals surface area contributed by atoms with E-state index in [1.54, 1.807) is 24.3 Å². The van der Waals surface area contributed by atoms with E-state index in [9.17, 15) is 28.2 Å². The van der Waals surface area contributed by atoms with Gasteiger partial charge in [-0.05, 0) is 18.1 Å². The lowest BCUT2D eigenvalue weighted by atomic mass is 10.0. The molecule has 0 radical (unpaired) electrons. The van der Waals surface area contributed by atoms with Crippen molar-refractivity contribution in [3.8, 4) is 5.88 Å². The zero-order valence-corrected chi connectivity index (χ0v) is 15.5. The summed E-state index contributed by atoms with van der Waals surface area (Å²) in [5.41, 5.74) is -0.592. The second kappa shape index (κ2) is 10.1. The van der Waals surface area contributed by atoms with Gasteiger partial charge in [-0.3, -0.25) is 0 Å². The van der Waals surface area contributed by atoms with Crippen molar-refractivity contribution >= 4 is 6.09 Å². The van der Waals surface area contributed by atoms with E-state index in [4.69, 9.17) is 9.47 Å². The summed E-state index contributed by atoms with van der Waals surface area (Å²) >= 11 is 0. The monoisotopic (exact) mass is 414 g/mol. The number of halogens is 3. The van der Waals surface area contributed by atoms with E-state index in [0.29, 0.717) is 12.3 Å². The van der Waals surface area contributed by atoms with Crippen molar-refractivity contribution in [3.05, 3.63) is 59.3 Å². The van der Waals surface area contributed by atoms with Gasteiger partial charge in [0.2, 0.25) is 5.88 Å². The van der Waals surface area contributed by atoms with Crippen LogP contribution >= 0.6 is 0 Å². The van der Waals surface area contributed by atoms with E-state index < -0.39 is 30.0 Å². The third-order valence-corrected chi connectivity index (χ3v) is 4.00. The third-order valence-electron chi connectivity index (χ3n) is 4.00. The average molecular weight is 414 g/mol. The predicted molar refractivity (Wildman–Crippen MR) is 96.0 cm³/mol. The van der Waals surface area contributed by atoms with Gasteiger partial charge in [-0.15, -0.1) is 0 Å². The highest BCUT2D eigenvalue weighted by Gasteiger charge is 2.33. The highest BCUT2D eigenvalue weighted by atomic mass is 19.4. The number of methoxy groups -OCH3 is 1. The molecule has 7 nitrogen and oxygen atoms in total. The first-order chi connectivity index (χ1) is 13.7. The quantitative estimate of drug-likeness (QED) is 0.614. The molecular formula is C19H21F3N2O5. The molecule has 1 aromatic heterocycles. The first-order valence-corrected chi connectivity index (χ1v) is 8.64. The molecule has 1 amide bonds. The molecule has 0 aliphatic carbocycles. The van der Waals surface area contributed by atoms with Gasteiger partial charge in [0.05, 0.1) is 18.8 Å². The number of benzene rings is 1. The molecule has 0 spiro atoms. The number of rotatable bonds is 8. The van der Waals surface area contributed by atoms with E-state index in [-0.39, 0.29) is 31.0 Å². The van der Waals surface area contributed by atoms with Crippen LogP contribution in [0.3, 0.4) is 0 Å². The highest BCUT2D eigenvalue weighted by molar-refractivity contribution is 5.67. The maximum Gasteiger partial charge on any atom is 0.417 e. The molecule has 1 aromatic carbocycles. The van der Waals surface area contributed by atoms with Crippen molar-refractivity contribution in [2.75, 3.05) is 13.7 Å². The molecule has 10 heteroatoms. The van der Waals surface area contributed by atoms with Crippen molar-refractivity contribution < 1.29 is 37.7 Å². The number of hydrogen-bond donors (Lipinski definition) is 3. The van der Waals surface area contributed by atoms with E-state index in [1.165, 1.54) is 7.11 Å². The number of amides is 1. The van der Waals surface area contributed by atoms with Crippen LogP contribution in [0.1, 0.15) is 29.2 Å². The first kappa shape index (κ1) is 22.4. The number of ether oxygens (including phenoxy) is 2. The van der Waals surface area contributed by atoms with Crippen LogP contribution in [-0.4, -0.2) is 41.0 Å². The minimum absolute atomic E-state index is 0.0605. The minimum Gasteiger partial charge on any atom is -0.481 e. The summed E-state index contributed by atoms with van der Waals surface area (Å²) in [5, 5.41) is 22.7. The van der Waals surface area contributed by atoms with Crippen LogP contribution < -0.4 is 10.1 Å². The van der Waals surface area contributed by atoms with Gasteiger partial charge in [0, 0.05) is 18.3 Å². The van der Waals surface area contributed by atoms with Crippen molar-refractivity contribution in [2.24, 2.45) is 0 Å². The Kier molecular flexibility index (Phi) is 7.80. The standard InChI is InChI=1S/C19H21F3N2O5/c1-28-17-14(9-13(10-24-17)19(20,21)22)16(26)15(25)7-8-23-18(27)29-11-12-5-3-2-4-6-12/h2-6,9-10,15-16,25-26H,7-8,11H2,1H3,(H,23,27). The molecule has 2 atom stereocenters. The van der Waals surface area contributed by atoms with E-state index in [2.05, 4.69) is 10.3 Å². The Morgan fingerprint density at radius 1 is 1.24 bits per heavy atom. The lowest BCUT2D eigenvalue weighted by molar-refractivity contribution is -0.138. The van der Waals surface area contributed by atoms with Gasteiger partial charge in [0.15, 0.2) is 0 Å². The normalized spacial score (nSPS) is 13.4. The molecule has 2 rings (SSSR count). The van der Waals surface area contributed by atoms with Crippen LogP contribution in [0.25, 0.3) is 0 Å². The topological polar surface area (TPSA) is 101 Å². The number of alkyl carbamates (subject to hydrolysis) is 1. The van der Waals surface area contributed by atoms with Crippen LogP contribution in [0.15, 0.2) is 42.6 Å². The SMILES string of the molecule is COc1ncc(C(F)(F)F)cc1C(O)C(O)CCNC(=O)OCc1ccccc1. The maximum absolute atomic E-state index is 12.9. The van der Waals surface area contributed by atoms with Crippen LogP contribution in [-0.2, 0) is 17.5 Å². The smallest absolute Gasteiger partial charge is 0.417 e. The largest absolute Gasteiger partial charge is 0.481 e. The third kappa shape index (κ3) is 6.61. The molecule has 0 fully saturated rings. The molecular weight excluding hydrogens is 393 g/mol. The molecule has 0 saturated heterocycles. The second-order valence-corrected chi connectivity index (χ2v) is 6.11. The summed E-state index contributed by atoms with van der Waals surface area (Å²) < 4.78 is 48.5. The Labute approximate surface area is 165 Å². The van der Waals surface area contributed by atoms with E-state index in [1.807, 2.05) is 6.07 Å². The molecule has 0 aliphatic heterocycles. The fourth-order valence-electron chi connectivity index (χ4n) is 2.47. The van der Waals surface area contributed by atoms with Crippen LogP contribution in [0.5, 0.6) is 5.88 Å². The molecule has 0 bridgehead atoms. The van der Waals surface area contributed by atoms with Gasteiger partial charge in [0.1, 0.15) is 12.7 Å². The van der Waals surface area contributed by atoms with Gasteiger partial charge in [-0.2, -0.15) is 13.2 Å². The van der Waals surface area contributed by atoms with Crippen molar-refractivity contribution in [2.45, 2.75) is 31.4 Å². The Bertz CT molecular complexity index is 802. The molecule has 29 heavy (non-hydrogen) atoms. The van der Waals surface area contributed by atoms with E-state index >= 15 is 0 Å². The molecule has 2 unspecified atom stereocenters. The van der Waals surface area contributed by atoms with Crippen LogP contribution in [0.4, 0.5) is 18.0 Å². The number of hydrogen-bond acceptors (Lipinski definition) is 6. The summed E-state index contributed by atoms with van der Waals surface area (Å²) in [5.74, 6) is -0.236. The first-order valence-electron chi connectivity index (χ1n) is 8.64.